The van der Waals surface area contributed by atoms with Gasteiger partial charge in [0.15, 0.2) is 0 Å². The van der Waals surface area contributed by atoms with Crippen molar-refractivity contribution in [1.82, 2.24) is 9.78 Å². The summed E-state index contributed by atoms with van der Waals surface area (Å²) in [5, 5.41) is 4.82. The van der Waals surface area contributed by atoms with E-state index in [-0.39, 0.29) is 0 Å². The van der Waals surface area contributed by atoms with Crippen LogP contribution in [0, 0.1) is 0 Å². The van der Waals surface area contributed by atoms with E-state index in [1.165, 1.54) is 0 Å². The number of rotatable bonds is 7. The lowest BCUT2D eigenvalue weighted by atomic mass is 10.1. The van der Waals surface area contributed by atoms with E-state index in [1.54, 1.807) is 7.11 Å². The SMILES string of the molecule is CCOc1ccc(N=Cc2cn(-c3ccccc3)nc2-c2ccc(OC)cc2)cc1. The molecule has 0 bridgehead atoms. The zero-order valence-corrected chi connectivity index (χ0v) is 17.0. The van der Waals surface area contributed by atoms with Gasteiger partial charge in [-0.05, 0) is 67.6 Å². The number of methoxy groups -OCH3 is 1. The lowest BCUT2D eigenvalue weighted by Gasteiger charge is -2.03. The third-order valence-corrected chi connectivity index (χ3v) is 4.63. The molecule has 150 valence electrons. The number of aliphatic imine (C=N–C) groups is 1. The van der Waals surface area contributed by atoms with Crippen molar-refractivity contribution in [3.63, 3.8) is 0 Å². The Balaban J connectivity index is 1.70. The average Bonchev–Trinajstić information content (AvgIpc) is 3.24. The summed E-state index contributed by atoms with van der Waals surface area (Å²) < 4.78 is 12.7. The Morgan fingerprint density at radius 2 is 1.60 bits per heavy atom. The normalized spacial score (nSPS) is 11.0. The van der Waals surface area contributed by atoms with Gasteiger partial charge in [-0.25, -0.2) is 4.68 Å². The average molecular weight is 397 g/mol. The van der Waals surface area contributed by atoms with Crippen LogP contribution >= 0.6 is 0 Å². The molecule has 0 aliphatic heterocycles. The highest BCUT2D eigenvalue weighted by Crippen LogP contribution is 2.26. The Bertz CT molecular complexity index is 1120. The van der Waals surface area contributed by atoms with Crippen LogP contribution in [0.4, 0.5) is 5.69 Å². The van der Waals surface area contributed by atoms with E-state index in [2.05, 4.69) is 4.99 Å². The Hall–Kier alpha value is -3.86. The fourth-order valence-corrected chi connectivity index (χ4v) is 3.11. The molecule has 0 aliphatic carbocycles. The molecular weight excluding hydrogens is 374 g/mol. The molecule has 0 spiro atoms. The molecule has 4 aromatic rings. The first-order valence-electron chi connectivity index (χ1n) is 9.83. The van der Waals surface area contributed by atoms with Gasteiger partial charge >= 0.3 is 0 Å². The first-order chi connectivity index (χ1) is 14.8. The van der Waals surface area contributed by atoms with Crippen LogP contribution in [-0.4, -0.2) is 29.7 Å². The fourth-order valence-electron chi connectivity index (χ4n) is 3.11. The predicted molar refractivity (Wildman–Crippen MR) is 120 cm³/mol. The molecule has 0 saturated heterocycles. The minimum Gasteiger partial charge on any atom is -0.497 e. The van der Waals surface area contributed by atoms with Gasteiger partial charge < -0.3 is 9.47 Å². The molecule has 5 heteroatoms. The fraction of sp³-hybridized carbons (Fsp3) is 0.120. The lowest BCUT2D eigenvalue weighted by molar-refractivity contribution is 0.340. The number of benzene rings is 3. The molecule has 0 amide bonds. The van der Waals surface area contributed by atoms with Crippen molar-refractivity contribution in [3.8, 4) is 28.4 Å². The van der Waals surface area contributed by atoms with Crippen LogP contribution in [0.1, 0.15) is 12.5 Å². The predicted octanol–water partition coefficient (Wildman–Crippen LogP) is 5.70. The van der Waals surface area contributed by atoms with Crippen LogP contribution in [-0.2, 0) is 0 Å². The van der Waals surface area contributed by atoms with E-state index in [9.17, 15) is 0 Å². The Morgan fingerprint density at radius 1 is 0.900 bits per heavy atom. The minimum absolute atomic E-state index is 0.645. The second kappa shape index (κ2) is 9.09. The van der Waals surface area contributed by atoms with Gasteiger partial charge in [-0.15, -0.1) is 0 Å². The highest BCUT2D eigenvalue weighted by molar-refractivity contribution is 5.90. The van der Waals surface area contributed by atoms with Crippen molar-refractivity contribution < 1.29 is 9.47 Å². The molecule has 30 heavy (non-hydrogen) atoms. The summed E-state index contributed by atoms with van der Waals surface area (Å²) in [6, 6.07) is 25.6. The standard InChI is InChI=1S/C25H23N3O2/c1-3-30-24-15-11-21(12-16-24)26-17-20-18-28(22-7-5-4-6-8-22)27-25(20)19-9-13-23(29-2)14-10-19/h4-18H,3H2,1-2H3. The third-order valence-electron chi connectivity index (χ3n) is 4.63. The maximum absolute atomic E-state index is 5.50. The number of nitrogens with zero attached hydrogens (tertiary/aromatic N) is 3. The summed E-state index contributed by atoms with van der Waals surface area (Å²) >= 11 is 0. The zero-order chi connectivity index (χ0) is 20.8. The van der Waals surface area contributed by atoms with E-state index in [0.29, 0.717) is 6.61 Å². The molecule has 3 aromatic carbocycles. The zero-order valence-electron chi connectivity index (χ0n) is 17.0. The van der Waals surface area contributed by atoms with Crippen LogP contribution in [0.15, 0.2) is 90.1 Å². The third kappa shape index (κ3) is 4.41. The first-order valence-corrected chi connectivity index (χ1v) is 9.83. The minimum atomic E-state index is 0.645. The van der Waals surface area contributed by atoms with Crippen LogP contribution < -0.4 is 9.47 Å². The van der Waals surface area contributed by atoms with Gasteiger partial charge in [-0.1, -0.05) is 18.2 Å². The largest absolute Gasteiger partial charge is 0.497 e. The van der Waals surface area contributed by atoms with E-state index >= 15 is 0 Å². The molecule has 4 rings (SSSR count). The van der Waals surface area contributed by atoms with Crippen molar-refractivity contribution in [2.75, 3.05) is 13.7 Å². The molecule has 0 aliphatic rings. The van der Waals surface area contributed by atoms with Gasteiger partial charge in [-0.2, -0.15) is 5.10 Å². The number of hydrogen-bond donors (Lipinski definition) is 0. The van der Waals surface area contributed by atoms with Crippen molar-refractivity contribution in [2.45, 2.75) is 6.92 Å². The topological polar surface area (TPSA) is 48.6 Å². The van der Waals surface area contributed by atoms with E-state index in [0.717, 1.165) is 39.7 Å². The van der Waals surface area contributed by atoms with Gasteiger partial charge in [-0.3, -0.25) is 4.99 Å². The highest BCUT2D eigenvalue weighted by atomic mass is 16.5. The second-order valence-electron chi connectivity index (χ2n) is 6.63. The number of ether oxygens (including phenoxy) is 2. The maximum Gasteiger partial charge on any atom is 0.119 e. The lowest BCUT2D eigenvalue weighted by Crippen LogP contribution is -1.94. The van der Waals surface area contributed by atoms with Crippen molar-refractivity contribution in [2.24, 2.45) is 4.99 Å². The first kappa shape index (κ1) is 19.5. The van der Waals surface area contributed by atoms with Crippen molar-refractivity contribution >= 4 is 11.9 Å². The Kier molecular flexibility index (Phi) is 5.90. The molecule has 0 radical (unpaired) electrons. The maximum atomic E-state index is 5.50. The highest BCUT2D eigenvalue weighted by Gasteiger charge is 2.11. The molecule has 0 fully saturated rings. The summed E-state index contributed by atoms with van der Waals surface area (Å²) in [5.41, 5.74) is 4.63. The monoisotopic (exact) mass is 397 g/mol. The van der Waals surface area contributed by atoms with E-state index < -0.39 is 0 Å². The van der Waals surface area contributed by atoms with E-state index in [4.69, 9.17) is 14.6 Å². The van der Waals surface area contributed by atoms with Crippen LogP contribution in [0.5, 0.6) is 11.5 Å². The van der Waals surface area contributed by atoms with E-state index in [1.807, 2.05) is 103 Å². The van der Waals surface area contributed by atoms with Crippen molar-refractivity contribution in [1.29, 1.82) is 0 Å². The summed E-state index contributed by atoms with van der Waals surface area (Å²) in [5.74, 6) is 1.65. The quantitative estimate of drug-likeness (QED) is 0.376. The molecule has 1 heterocycles. The Labute approximate surface area is 176 Å². The smallest absolute Gasteiger partial charge is 0.119 e. The molecule has 5 nitrogen and oxygen atoms in total. The molecule has 1 aromatic heterocycles. The van der Waals surface area contributed by atoms with Gasteiger partial charge in [0.1, 0.15) is 17.2 Å². The second-order valence-corrected chi connectivity index (χ2v) is 6.63. The number of hydrogen-bond acceptors (Lipinski definition) is 4. The van der Waals surface area contributed by atoms with Crippen LogP contribution in [0.2, 0.25) is 0 Å². The van der Waals surface area contributed by atoms with Gasteiger partial charge in [0, 0.05) is 23.5 Å². The Morgan fingerprint density at radius 3 is 2.27 bits per heavy atom. The van der Waals surface area contributed by atoms with Gasteiger partial charge in [0.25, 0.3) is 0 Å². The molecule has 0 atom stereocenters. The van der Waals surface area contributed by atoms with Crippen LogP contribution in [0.25, 0.3) is 16.9 Å². The summed E-state index contributed by atoms with van der Waals surface area (Å²) in [7, 11) is 1.66. The van der Waals surface area contributed by atoms with Gasteiger partial charge in [0.2, 0.25) is 0 Å². The van der Waals surface area contributed by atoms with Crippen LogP contribution in [0.3, 0.4) is 0 Å². The van der Waals surface area contributed by atoms with Gasteiger partial charge in [0.05, 0.1) is 25.1 Å². The number of para-hydroxylation sites is 1. The summed E-state index contributed by atoms with van der Waals surface area (Å²) in [6.07, 6.45) is 3.84. The summed E-state index contributed by atoms with van der Waals surface area (Å²) in [4.78, 5) is 4.65. The molecule has 0 unspecified atom stereocenters. The number of aromatic nitrogens is 2. The molecule has 0 N–H and O–H groups in total. The summed E-state index contributed by atoms with van der Waals surface area (Å²) in [6.45, 7) is 2.61. The van der Waals surface area contributed by atoms with Crippen molar-refractivity contribution in [3.05, 3.63) is 90.6 Å². The molecule has 0 saturated carbocycles. The molecular formula is C25H23N3O2.